The largest absolute Gasteiger partial charge is 0.205 e. The van der Waals surface area contributed by atoms with E-state index in [1.165, 1.54) is 0 Å². The van der Waals surface area contributed by atoms with Gasteiger partial charge in [-0.3, -0.25) is 0 Å². The Labute approximate surface area is 91.7 Å². The molecule has 0 atom stereocenters. The van der Waals surface area contributed by atoms with Gasteiger partial charge < -0.3 is 0 Å². The van der Waals surface area contributed by atoms with Crippen molar-refractivity contribution < 1.29 is 4.39 Å². The molecule has 0 saturated carbocycles. The normalized spacial score (nSPS) is 11.1. The van der Waals surface area contributed by atoms with E-state index < -0.39 is 5.41 Å². The summed E-state index contributed by atoms with van der Waals surface area (Å²) in [6.45, 7) is 5.24. The van der Waals surface area contributed by atoms with Gasteiger partial charge in [0.05, 0.1) is 16.0 Å². The molecule has 3 heteroatoms. The van der Waals surface area contributed by atoms with E-state index in [0.29, 0.717) is 10.0 Å². The lowest BCUT2D eigenvalue weighted by molar-refractivity contribution is 0.556. The second-order valence-electron chi connectivity index (χ2n) is 3.79. The third-order valence-electron chi connectivity index (χ3n) is 2.21. The second-order valence-corrected chi connectivity index (χ2v) is 4.64. The van der Waals surface area contributed by atoms with Crippen LogP contribution in [-0.2, 0) is 5.41 Å². The van der Waals surface area contributed by atoms with Gasteiger partial charge in [0.1, 0.15) is 5.82 Å². The average Bonchev–Trinajstić information content (AvgIpc) is 2.12. The zero-order valence-electron chi connectivity index (χ0n) is 8.36. The maximum atomic E-state index is 13.7. The standard InChI is InChI=1S/C11H11BrFN/c1-7-4-5-8(12)10(13)9(7)11(2,3)6-14/h4-5H,1-3H3. The molecular formula is C11H11BrFN. The molecule has 0 heterocycles. The first-order valence-electron chi connectivity index (χ1n) is 4.26. The zero-order chi connectivity index (χ0) is 10.9. The molecule has 0 N–H and O–H groups in total. The van der Waals surface area contributed by atoms with E-state index in [4.69, 9.17) is 5.26 Å². The Bertz CT molecular complexity index is 404. The lowest BCUT2D eigenvalue weighted by Crippen LogP contribution is -2.18. The molecule has 1 aromatic rings. The molecule has 0 amide bonds. The molecule has 1 aromatic carbocycles. The maximum Gasteiger partial charge on any atom is 0.142 e. The predicted octanol–water partition coefficient (Wildman–Crippen LogP) is 3.70. The summed E-state index contributed by atoms with van der Waals surface area (Å²) in [6.07, 6.45) is 0. The number of rotatable bonds is 1. The van der Waals surface area contributed by atoms with Crippen LogP contribution in [0.15, 0.2) is 16.6 Å². The van der Waals surface area contributed by atoms with Crippen LogP contribution >= 0.6 is 15.9 Å². The van der Waals surface area contributed by atoms with Crippen molar-refractivity contribution in [2.45, 2.75) is 26.2 Å². The summed E-state index contributed by atoms with van der Waals surface area (Å²) in [5.41, 5.74) is 0.476. The highest BCUT2D eigenvalue weighted by Gasteiger charge is 2.26. The van der Waals surface area contributed by atoms with Crippen LogP contribution in [0.2, 0.25) is 0 Å². The van der Waals surface area contributed by atoms with Crippen molar-refractivity contribution in [3.05, 3.63) is 33.5 Å². The molecule has 14 heavy (non-hydrogen) atoms. The van der Waals surface area contributed by atoms with Crippen LogP contribution in [0.25, 0.3) is 0 Å². The third-order valence-corrected chi connectivity index (χ3v) is 2.82. The summed E-state index contributed by atoms with van der Waals surface area (Å²) in [4.78, 5) is 0. The highest BCUT2D eigenvalue weighted by molar-refractivity contribution is 9.10. The van der Waals surface area contributed by atoms with Crippen molar-refractivity contribution in [2.24, 2.45) is 0 Å². The topological polar surface area (TPSA) is 23.8 Å². The Hall–Kier alpha value is -0.880. The zero-order valence-corrected chi connectivity index (χ0v) is 9.94. The van der Waals surface area contributed by atoms with Crippen LogP contribution in [0.4, 0.5) is 4.39 Å². The van der Waals surface area contributed by atoms with Gasteiger partial charge in [-0.2, -0.15) is 5.26 Å². The van der Waals surface area contributed by atoms with Crippen molar-refractivity contribution >= 4 is 15.9 Å². The predicted molar refractivity (Wildman–Crippen MR) is 57.5 cm³/mol. The molecule has 0 saturated heterocycles. The van der Waals surface area contributed by atoms with E-state index in [1.807, 2.05) is 13.0 Å². The molecule has 74 valence electrons. The maximum absolute atomic E-state index is 13.7. The summed E-state index contributed by atoms with van der Waals surface area (Å²) in [5, 5.41) is 8.96. The molecule has 0 spiro atoms. The summed E-state index contributed by atoms with van der Waals surface area (Å²) in [7, 11) is 0. The Kier molecular flexibility index (Phi) is 2.96. The summed E-state index contributed by atoms with van der Waals surface area (Å²) >= 11 is 3.12. The van der Waals surface area contributed by atoms with E-state index in [2.05, 4.69) is 22.0 Å². The van der Waals surface area contributed by atoms with Crippen molar-refractivity contribution in [3.63, 3.8) is 0 Å². The molecule has 0 fully saturated rings. The number of benzene rings is 1. The fraction of sp³-hybridized carbons (Fsp3) is 0.364. The lowest BCUT2D eigenvalue weighted by Gasteiger charge is -2.19. The van der Waals surface area contributed by atoms with Crippen LogP contribution < -0.4 is 0 Å². The highest BCUT2D eigenvalue weighted by Crippen LogP contribution is 2.31. The molecule has 0 aromatic heterocycles. The van der Waals surface area contributed by atoms with Gasteiger partial charge in [-0.15, -0.1) is 0 Å². The first kappa shape index (κ1) is 11.2. The quantitative estimate of drug-likeness (QED) is 0.751. The van der Waals surface area contributed by atoms with Crippen LogP contribution in [0, 0.1) is 24.1 Å². The Morgan fingerprint density at radius 2 is 2.00 bits per heavy atom. The van der Waals surface area contributed by atoms with Crippen molar-refractivity contribution in [1.29, 1.82) is 5.26 Å². The molecular weight excluding hydrogens is 245 g/mol. The van der Waals surface area contributed by atoms with E-state index in [-0.39, 0.29) is 5.82 Å². The molecule has 1 nitrogen and oxygen atoms in total. The smallest absolute Gasteiger partial charge is 0.142 e. The first-order chi connectivity index (χ1) is 6.40. The van der Waals surface area contributed by atoms with Gasteiger partial charge in [-0.25, -0.2) is 4.39 Å². The van der Waals surface area contributed by atoms with Crippen LogP contribution in [0.3, 0.4) is 0 Å². The van der Waals surface area contributed by atoms with Gasteiger partial charge in [0.2, 0.25) is 0 Å². The van der Waals surface area contributed by atoms with E-state index in [1.54, 1.807) is 19.9 Å². The molecule has 0 radical (unpaired) electrons. The van der Waals surface area contributed by atoms with Gasteiger partial charge in [0.25, 0.3) is 0 Å². The molecule has 0 aliphatic rings. The third kappa shape index (κ3) is 1.80. The van der Waals surface area contributed by atoms with Crippen LogP contribution in [0.5, 0.6) is 0 Å². The van der Waals surface area contributed by atoms with Gasteiger partial charge in [-0.05, 0) is 48.3 Å². The Balaban J connectivity index is 3.49. The monoisotopic (exact) mass is 255 g/mol. The first-order valence-corrected chi connectivity index (χ1v) is 5.06. The van der Waals surface area contributed by atoms with E-state index >= 15 is 0 Å². The van der Waals surface area contributed by atoms with Crippen LogP contribution in [-0.4, -0.2) is 0 Å². The van der Waals surface area contributed by atoms with Crippen molar-refractivity contribution in [3.8, 4) is 6.07 Å². The number of aryl methyl sites for hydroxylation is 1. The molecule has 0 bridgehead atoms. The van der Waals surface area contributed by atoms with Gasteiger partial charge in [0.15, 0.2) is 0 Å². The number of nitriles is 1. The Morgan fingerprint density at radius 3 is 2.50 bits per heavy atom. The summed E-state index contributed by atoms with van der Waals surface area (Å²) < 4.78 is 14.2. The van der Waals surface area contributed by atoms with E-state index in [0.717, 1.165) is 5.56 Å². The van der Waals surface area contributed by atoms with E-state index in [9.17, 15) is 4.39 Å². The van der Waals surface area contributed by atoms with Crippen molar-refractivity contribution in [2.75, 3.05) is 0 Å². The minimum atomic E-state index is -0.794. The fourth-order valence-electron chi connectivity index (χ4n) is 1.47. The number of hydrogen-bond acceptors (Lipinski definition) is 1. The lowest BCUT2D eigenvalue weighted by atomic mass is 9.83. The van der Waals surface area contributed by atoms with Gasteiger partial charge in [0, 0.05) is 5.56 Å². The highest BCUT2D eigenvalue weighted by atomic mass is 79.9. The molecule has 0 unspecified atom stereocenters. The number of hydrogen-bond donors (Lipinski definition) is 0. The molecule has 0 aliphatic carbocycles. The molecule has 0 aliphatic heterocycles. The SMILES string of the molecule is Cc1ccc(Br)c(F)c1C(C)(C)C#N. The second kappa shape index (κ2) is 3.70. The number of halogens is 2. The van der Waals surface area contributed by atoms with Crippen LogP contribution in [0.1, 0.15) is 25.0 Å². The Morgan fingerprint density at radius 1 is 1.43 bits per heavy atom. The fourth-order valence-corrected chi connectivity index (χ4v) is 1.80. The van der Waals surface area contributed by atoms with Crippen molar-refractivity contribution in [1.82, 2.24) is 0 Å². The minimum Gasteiger partial charge on any atom is -0.205 e. The minimum absolute atomic E-state index is 0.337. The summed E-state index contributed by atoms with van der Waals surface area (Å²) in [5.74, 6) is -0.337. The van der Waals surface area contributed by atoms with Gasteiger partial charge >= 0.3 is 0 Å². The summed E-state index contributed by atoms with van der Waals surface area (Å²) in [6, 6.07) is 5.57. The van der Waals surface area contributed by atoms with Gasteiger partial charge in [-0.1, -0.05) is 6.07 Å². The molecule has 1 rings (SSSR count). The number of nitrogens with zero attached hydrogens (tertiary/aromatic N) is 1. The average molecular weight is 256 g/mol.